The third-order valence-electron chi connectivity index (χ3n) is 5.45. The van der Waals surface area contributed by atoms with Gasteiger partial charge >= 0.3 is 11.8 Å². The molecular weight excluding hydrogens is 394 g/mol. The summed E-state index contributed by atoms with van der Waals surface area (Å²) in [6, 6.07) is 10.9. The van der Waals surface area contributed by atoms with Gasteiger partial charge in [0.05, 0.1) is 12.1 Å². The Morgan fingerprint density at radius 3 is 1.43 bits per heavy atom. The van der Waals surface area contributed by atoms with Crippen LogP contribution in [0, 0.1) is 11.6 Å². The minimum atomic E-state index is -0.792. The zero-order chi connectivity index (χ0) is 21.1. The second kappa shape index (κ2) is 8.89. The quantitative estimate of drug-likeness (QED) is 0.677. The maximum atomic E-state index is 13.1. The molecule has 8 heteroatoms. The predicted molar refractivity (Wildman–Crippen MR) is 102 cm³/mol. The van der Waals surface area contributed by atoms with E-state index in [0.717, 1.165) is 23.0 Å². The number of hydrogen-bond donors (Lipinski definition) is 0. The zero-order valence-electron chi connectivity index (χ0n) is 16.3. The SMILES string of the molecule is O=C1C(=O)N(OCc2ccc(F)cc2)[C@H]2CCCC[C@H]2N1OCc1ccc(F)cc1. The van der Waals surface area contributed by atoms with Crippen molar-refractivity contribution in [1.29, 1.82) is 0 Å². The van der Waals surface area contributed by atoms with E-state index in [9.17, 15) is 18.4 Å². The molecule has 0 unspecified atom stereocenters. The number of carbonyl (C=O) groups is 2. The third kappa shape index (κ3) is 4.34. The largest absolute Gasteiger partial charge is 0.338 e. The van der Waals surface area contributed by atoms with Gasteiger partial charge in [0.2, 0.25) is 0 Å². The monoisotopic (exact) mass is 416 g/mol. The number of hydroxylamine groups is 4. The molecule has 4 rings (SSSR count). The maximum absolute atomic E-state index is 13.1. The van der Waals surface area contributed by atoms with Crippen LogP contribution in [0.4, 0.5) is 8.78 Å². The summed E-state index contributed by atoms with van der Waals surface area (Å²) in [5.74, 6) is -2.30. The van der Waals surface area contributed by atoms with Crippen LogP contribution in [0.2, 0.25) is 0 Å². The van der Waals surface area contributed by atoms with Gasteiger partial charge in [0, 0.05) is 0 Å². The summed E-state index contributed by atoms with van der Waals surface area (Å²) >= 11 is 0. The smallest absolute Gasteiger partial charge is 0.265 e. The number of carbonyl (C=O) groups excluding carboxylic acids is 2. The molecule has 1 heterocycles. The van der Waals surface area contributed by atoms with Crippen molar-refractivity contribution in [3.63, 3.8) is 0 Å². The lowest BCUT2D eigenvalue weighted by molar-refractivity contribution is -0.270. The van der Waals surface area contributed by atoms with Crippen molar-refractivity contribution >= 4 is 11.8 Å². The Morgan fingerprint density at radius 1 is 0.700 bits per heavy atom. The molecule has 1 aliphatic carbocycles. The van der Waals surface area contributed by atoms with E-state index in [0.29, 0.717) is 24.0 Å². The average molecular weight is 416 g/mol. The molecule has 0 bridgehead atoms. The number of benzene rings is 2. The molecule has 2 fully saturated rings. The maximum Gasteiger partial charge on any atom is 0.338 e. The third-order valence-corrected chi connectivity index (χ3v) is 5.45. The van der Waals surface area contributed by atoms with Gasteiger partial charge in [-0.3, -0.25) is 19.3 Å². The predicted octanol–water partition coefficient (Wildman–Crippen LogP) is 3.51. The van der Waals surface area contributed by atoms with Crippen LogP contribution < -0.4 is 0 Å². The summed E-state index contributed by atoms with van der Waals surface area (Å²) in [6.45, 7) is 0.109. The summed E-state index contributed by atoms with van der Waals surface area (Å²) in [7, 11) is 0. The molecule has 0 aromatic heterocycles. The topological polar surface area (TPSA) is 59.1 Å². The van der Waals surface area contributed by atoms with Crippen LogP contribution >= 0.6 is 0 Å². The van der Waals surface area contributed by atoms with Crippen LogP contribution in [0.1, 0.15) is 36.8 Å². The van der Waals surface area contributed by atoms with Crippen LogP contribution in [0.15, 0.2) is 48.5 Å². The Bertz CT molecular complexity index is 829. The Kier molecular flexibility index (Phi) is 6.06. The number of hydrogen-bond acceptors (Lipinski definition) is 4. The lowest BCUT2D eigenvalue weighted by Crippen LogP contribution is -2.65. The number of amides is 2. The number of piperazine rings is 1. The second-order valence-corrected chi connectivity index (χ2v) is 7.48. The summed E-state index contributed by atoms with van der Waals surface area (Å²) in [6.07, 6.45) is 3.18. The Balaban J connectivity index is 1.46. The van der Waals surface area contributed by atoms with Gasteiger partial charge in [-0.05, 0) is 48.2 Å². The summed E-state index contributed by atoms with van der Waals surface area (Å²) in [4.78, 5) is 36.9. The van der Waals surface area contributed by atoms with Gasteiger partial charge in [-0.25, -0.2) is 18.9 Å². The minimum Gasteiger partial charge on any atom is -0.265 e. The zero-order valence-corrected chi connectivity index (χ0v) is 16.3. The molecule has 0 spiro atoms. The van der Waals surface area contributed by atoms with Gasteiger partial charge < -0.3 is 0 Å². The fourth-order valence-electron chi connectivity index (χ4n) is 3.89. The first kappa shape index (κ1) is 20.4. The molecule has 158 valence electrons. The van der Waals surface area contributed by atoms with Gasteiger partial charge in [-0.15, -0.1) is 0 Å². The lowest BCUT2D eigenvalue weighted by Gasteiger charge is -2.46. The molecule has 6 nitrogen and oxygen atoms in total. The van der Waals surface area contributed by atoms with E-state index in [1.807, 2.05) is 0 Å². The first-order chi connectivity index (χ1) is 14.5. The van der Waals surface area contributed by atoms with E-state index in [1.165, 1.54) is 24.3 Å². The van der Waals surface area contributed by atoms with E-state index in [-0.39, 0.29) is 36.9 Å². The molecule has 1 aliphatic heterocycles. The molecular formula is C22H22F2N2O4. The van der Waals surface area contributed by atoms with Crippen molar-refractivity contribution in [3.05, 3.63) is 71.3 Å². The normalized spacial score (nSPS) is 21.7. The van der Waals surface area contributed by atoms with Crippen LogP contribution in [0.3, 0.4) is 0 Å². The van der Waals surface area contributed by atoms with Crippen LogP contribution in [-0.4, -0.2) is 34.0 Å². The molecule has 30 heavy (non-hydrogen) atoms. The molecule has 2 atom stereocenters. The van der Waals surface area contributed by atoms with Crippen molar-refractivity contribution in [2.75, 3.05) is 0 Å². The van der Waals surface area contributed by atoms with Gasteiger partial charge in [-0.1, -0.05) is 37.1 Å². The average Bonchev–Trinajstić information content (AvgIpc) is 2.76. The van der Waals surface area contributed by atoms with Gasteiger partial charge in [-0.2, -0.15) is 0 Å². The fourth-order valence-corrected chi connectivity index (χ4v) is 3.89. The van der Waals surface area contributed by atoms with Crippen molar-refractivity contribution < 1.29 is 28.0 Å². The number of fused-ring (bicyclic) bond motifs is 1. The van der Waals surface area contributed by atoms with Crippen LogP contribution in [0.25, 0.3) is 0 Å². The highest BCUT2D eigenvalue weighted by molar-refractivity contribution is 6.35. The summed E-state index contributed by atoms with van der Waals surface area (Å²) in [5, 5.41) is 2.32. The van der Waals surface area contributed by atoms with Crippen molar-refractivity contribution in [1.82, 2.24) is 10.1 Å². The van der Waals surface area contributed by atoms with E-state index in [2.05, 4.69) is 0 Å². The lowest BCUT2D eigenvalue weighted by atomic mass is 9.88. The molecule has 1 saturated heterocycles. The van der Waals surface area contributed by atoms with Crippen molar-refractivity contribution in [2.24, 2.45) is 0 Å². The van der Waals surface area contributed by atoms with Gasteiger partial charge in [0.25, 0.3) is 0 Å². The van der Waals surface area contributed by atoms with Crippen molar-refractivity contribution in [3.8, 4) is 0 Å². The Hall–Kier alpha value is -2.84. The standard InChI is InChI=1S/C22H22F2N2O4/c23-17-9-5-15(6-10-17)13-29-25-19-3-1-2-4-20(19)26(22(28)21(25)27)30-14-16-7-11-18(24)12-8-16/h5-12,19-20H,1-4,13-14H2/t19-,20+. The van der Waals surface area contributed by atoms with Crippen LogP contribution in [-0.2, 0) is 32.5 Å². The molecule has 1 saturated carbocycles. The van der Waals surface area contributed by atoms with E-state index >= 15 is 0 Å². The molecule has 2 aliphatic rings. The van der Waals surface area contributed by atoms with Crippen molar-refractivity contribution in [2.45, 2.75) is 51.0 Å². The Morgan fingerprint density at radius 2 is 1.07 bits per heavy atom. The summed E-state index contributed by atoms with van der Waals surface area (Å²) < 4.78 is 26.2. The number of rotatable bonds is 6. The highest BCUT2D eigenvalue weighted by atomic mass is 19.1. The molecule has 0 N–H and O–H groups in total. The van der Waals surface area contributed by atoms with Gasteiger partial charge in [0.1, 0.15) is 24.8 Å². The molecule has 0 radical (unpaired) electrons. The highest BCUT2D eigenvalue weighted by Gasteiger charge is 2.48. The fraction of sp³-hybridized carbons (Fsp3) is 0.364. The first-order valence-electron chi connectivity index (χ1n) is 9.94. The summed E-state index contributed by atoms with van der Waals surface area (Å²) in [5.41, 5.74) is 1.39. The Labute approximate surface area is 172 Å². The number of halogens is 2. The van der Waals surface area contributed by atoms with E-state index < -0.39 is 11.8 Å². The molecule has 2 amide bonds. The van der Waals surface area contributed by atoms with Crippen LogP contribution in [0.5, 0.6) is 0 Å². The second-order valence-electron chi connectivity index (χ2n) is 7.48. The molecule has 2 aromatic rings. The minimum absolute atomic E-state index is 0.0545. The number of nitrogens with zero attached hydrogens (tertiary/aromatic N) is 2. The highest BCUT2D eigenvalue weighted by Crippen LogP contribution is 2.32. The van der Waals surface area contributed by atoms with Gasteiger partial charge in [0.15, 0.2) is 0 Å². The van der Waals surface area contributed by atoms with E-state index in [1.54, 1.807) is 24.3 Å². The first-order valence-corrected chi connectivity index (χ1v) is 9.94. The van der Waals surface area contributed by atoms with E-state index in [4.69, 9.17) is 9.68 Å². The molecule has 2 aromatic carbocycles.